The number of fused-ring (bicyclic) bond motifs is 1. The first-order valence-corrected chi connectivity index (χ1v) is 8.57. The zero-order valence-corrected chi connectivity index (χ0v) is 14.0. The van der Waals surface area contributed by atoms with Crippen LogP contribution in [-0.2, 0) is 16.0 Å². The number of aldehydes is 1. The molecule has 5 nitrogen and oxygen atoms in total. The van der Waals surface area contributed by atoms with Crippen molar-refractivity contribution in [3.8, 4) is 0 Å². The van der Waals surface area contributed by atoms with Crippen LogP contribution in [0, 0.1) is 5.92 Å². The first-order valence-electron chi connectivity index (χ1n) is 8.57. The Morgan fingerprint density at radius 2 is 2.17 bits per heavy atom. The van der Waals surface area contributed by atoms with E-state index in [1.165, 1.54) is 0 Å². The number of nitrogens with zero attached hydrogens (tertiary/aromatic N) is 3. The fraction of sp³-hybridized carbons (Fsp3) is 0.474. The van der Waals surface area contributed by atoms with Crippen LogP contribution in [0.15, 0.2) is 30.5 Å². The van der Waals surface area contributed by atoms with Gasteiger partial charge in [-0.15, -0.1) is 0 Å². The lowest BCUT2D eigenvalue weighted by atomic mass is 9.76. The lowest BCUT2D eigenvalue weighted by Crippen LogP contribution is -2.45. The van der Waals surface area contributed by atoms with E-state index in [2.05, 4.69) is 22.1 Å². The van der Waals surface area contributed by atoms with E-state index >= 15 is 0 Å². The molecule has 0 radical (unpaired) electrons. The standard InChI is InChI=1S/C19H23N3O2/c1-22(18(24)5-3-11-23)17-12-14(13-17)6-8-16-9-7-15-4-2-10-20-19(15)21-16/h2,4,7,9-11,14,17H,3,5-6,8,12-13H2,1H3. The molecule has 2 aromatic heterocycles. The monoisotopic (exact) mass is 325 g/mol. The van der Waals surface area contributed by atoms with Crippen molar-refractivity contribution >= 4 is 23.2 Å². The normalized spacial score (nSPS) is 19.7. The maximum Gasteiger partial charge on any atom is 0.222 e. The van der Waals surface area contributed by atoms with Gasteiger partial charge in [-0.25, -0.2) is 9.97 Å². The van der Waals surface area contributed by atoms with E-state index < -0.39 is 0 Å². The summed E-state index contributed by atoms with van der Waals surface area (Å²) in [4.78, 5) is 33.0. The first-order chi connectivity index (χ1) is 11.7. The molecular formula is C19H23N3O2. The zero-order chi connectivity index (χ0) is 16.9. The van der Waals surface area contributed by atoms with Crippen LogP contribution in [0.4, 0.5) is 0 Å². The number of carbonyl (C=O) groups excluding carboxylic acids is 2. The van der Waals surface area contributed by atoms with Crippen LogP contribution < -0.4 is 0 Å². The molecule has 1 amide bonds. The third-order valence-corrected chi connectivity index (χ3v) is 4.96. The third kappa shape index (κ3) is 3.78. The van der Waals surface area contributed by atoms with Crippen molar-refractivity contribution in [1.82, 2.24) is 14.9 Å². The highest BCUT2D eigenvalue weighted by Gasteiger charge is 2.33. The van der Waals surface area contributed by atoms with E-state index in [-0.39, 0.29) is 5.91 Å². The Hall–Kier alpha value is -2.30. The van der Waals surface area contributed by atoms with Crippen molar-refractivity contribution in [3.63, 3.8) is 0 Å². The second-order valence-corrected chi connectivity index (χ2v) is 6.59. The highest BCUT2D eigenvalue weighted by molar-refractivity contribution is 5.78. The van der Waals surface area contributed by atoms with Gasteiger partial charge in [-0.2, -0.15) is 0 Å². The van der Waals surface area contributed by atoms with Crippen LogP contribution in [0.2, 0.25) is 0 Å². The van der Waals surface area contributed by atoms with Gasteiger partial charge in [0.1, 0.15) is 6.29 Å². The Bertz CT molecular complexity index is 725. The molecule has 1 fully saturated rings. The van der Waals surface area contributed by atoms with Gasteiger partial charge in [0.2, 0.25) is 5.91 Å². The van der Waals surface area contributed by atoms with Gasteiger partial charge >= 0.3 is 0 Å². The zero-order valence-electron chi connectivity index (χ0n) is 14.0. The predicted octanol–water partition coefficient (Wildman–Crippen LogP) is 2.78. The van der Waals surface area contributed by atoms with Crippen molar-refractivity contribution < 1.29 is 9.59 Å². The highest BCUT2D eigenvalue weighted by atomic mass is 16.2. The second-order valence-electron chi connectivity index (χ2n) is 6.59. The van der Waals surface area contributed by atoms with Crippen LogP contribution in [0.1, 0.15) is 37.8 Å². The molecule has 0 saturated heterocycles. The molecule has 0 bridgehead atoms. The Balaban J connectivity index is 1.45. The molecule has 0 N–H and O–H groups in total. The summed E-state index contributed by atoms with van der Waals surface area (Å²) in [5, 5.41) is 1.07. The van der Waals surface area contributed by atoms with Crippen LogP contribution in [-0.4, -0.2) is 40.2 Å². The molecule has 0 aliphatic heterocycles. The number of pyridine rings is 2. The molecule has 0 unspecified atom stereocenters. The highest BCUT2D eigenvalue weighted by Crippen LogP contribution is 2.34. The number of aromatic nitrogens is 2. The van der Waals surface area contributed by atoms with Crippen LogP contribution in [0.3, 0.4) is 0 Å². The maximum atomic E-state index is 11.9. The molecule has 0 atom stereocenters. The number of carbonyl (C=O) groups is 2. The Morgan fingerprint density at radius 3 is 2.96 bits per heavy atom. The number of amides is 1. The molecule has 2 heterocycles. The minimum absolute atomic E-state index is 0.0767. The summed E-state index contributed by atoms with van der Waals surface area (Å²) in [7, 11) is 1.85. The molecule has 126 valence electrons. The van der Waals surface area contributed by atoms with Crippen LogP contribution >= 0.6 is 0 Å². The van der Waals surface area contributed by atoms with Crippen LogP contribution in [0.25, 0.3) is 11.0 Å². The molecule has 0 spiro atoms. The topological polar surface area (TPSA) is 63.2 Å². The summed E-state index contributed by atoms with van der Waals surface area (Å²) in [6, 6.07) is 8.43. The van der Waals surface area contributed by atoms with Crippen molar-refractivity contribution in [1.29, 1.82) is 0 Å². The second kappa shape index (κ2) is 7.51. The van der Waals surface area contributed by atoms with E-state index in [9.17, 15) is 9.59 Å². The van der Waals surface area contributed by atoms with E-state index in [1.54, 1.807) is 6.20 Å². The smallest absolute Gasteiger partial charge is 0.222 e. The molecule has 1 saturated carbocycles. The van der Waals surface area contributed by atoms with Crippen molar-refractivity contribution in [2.24, 2.45) is 5.92 Å². The number of aryl methyl sites for hydroxylation is 1. The maximum absolute atomic E-state index is 11.9. The van der Waals surface area contributed by atoms with Gasteiger partial charge in [0.25, 0.3) is 0 Å². The number of hydrogen-bond donors (Lipinski definition) is 0. The fourth-order valence-corrected chi connectivity index (χ4v) is 3.30. The molecular weight excluding hydrogens is 302 g/mol. The van der Waals surface area contributed by atoms with Gasteiger partial charge in [0.05, 0.1) is 0 Å². The van der Waals surface area contributed by atoms with Gasteiger partial charge in [-0.1, -0.05) is 0 Å². The predicted molar refractivity (Wildman–Crippen MR) is 92.4 cm³/mol. The van der Waals surface area contributed by atoms with E-state index in [0.29, 0.717) is 24.8 Å². The minimum Gasteiger partial charge on any atom is -0.343 e. The molecule has 0 aromatic carbocycles. The van der Waals surface area contributed by atoms with Gasteiger partial charge < -0.3 is 9.69 Å². The summed E-state index contributed by atoms with van der Waals surface area (Å²) in [6.07, 6.45) is 7.37. The molecule has 5 heteroatoms. The first kappa shape index (κ1) is 16.6. The lowest BCUT2D eigenvalue weighted by Gasteiger charge is -2.41. The average molecular weight is 325 g/mol. The van der Waals surface area contributed by atoms with Gasteiger partial charge in [0.15, 0.2) is 5.65 Å². The quantitative estimate of drug-likeness (QED) is 0.734. The fourth-order valence-electron chi connectivity index (χ4n) is 3.30. The third-order valence-electron chi connectivity index (χ3n) is 4.96. The molecule has 2 aromatic rings. The van der Waals surface area contributed by atoms with E-state index in [4.69, 9.17) is 0 Å². The largest absolute Gasteiger partial charge is 0.343 e. The summed E-state index contributed by atoms with van der Waals surface area (Å²) in [5.41, 5.74) is 1.89. The Labute approximate surface area is 142 Å². The minimum atomic E-state index is 0.0767. The van der Waals surface area contributed by atoms with Crippen LogP contribution in [0.5, 0.6) is 0 Å². The van der Waals surface area contributed by atoms with Gasteiger partial charge in [-0.3, -0.25) is 4.79 Å². The van der Waals surface area contributed by atoms with Gasteiger partial charge in [0, 0.05) is 43.2 Å². The molecule has 24 heavy (non-hydrogen) atoms. The molecule has 3 rings (SSSR count). The van der Waals surface area contributed by atoms with E-state index in [0.717, 1.165) is 48.7 Å². The summed E-state index contributed by atoms with van der Waals surface area (Å²) in [5.74, 6) is 0.727. The number of rotatable bonds is 7. The van der Waals surface area contributed by atoms with E-state index in [1.807, 2.05) is 24.1 Å². The lowest BCUT2D eigenvalue weighted by molar-refractivity contribution is -0.135. The SMILES string of the molecule is CN(C(=O)CCC=O)C1CC(CCc2ccc3cccnc3n2)C1. The molecule has 1 aliphatic rings. The van der Waals surface area contributed by atoms with Gasteiger partial charge in [-0.05, 0) is 55.9 Å². The van der Waals surface area contributed by atoms with Crippen molar-refractivity contribution in [2.45, 2.75) is 44.6 Å². The summed E-state index contributed by atoms with van der Waals surface area (Å²) < 4.78 is 0. The Kier molecular flexibility index (Phi) is 5.18. The summed E-state index contributed by atoms with van der Waals surface area (Å²) in [6.45, 7) is 0. The molecule has 1 aliphatic carbocycles. The average Bonchev–Trinajstić information content (AvgIpc) is 2.57. The number of hydrogen-bond acceptors (Lipinski definition) is 4. The Morgan fingerprint density at radius 1 is 1.33 bits per heavy atom. The van der Waals surface area contributed by atoms with Crippen molar-refractivity contribution in [2.75, 3.05) is 7.05 Å². The van der Waals surface area contributed by atoms with Crippen molar-refractivity contribution in [3.05, 3.63) is 36.2 Å². The summed E-state index contributed by atoms with van der Waals surface area (Å²) >= 11 is 0.